The first-order chi connectivity index (χ1) is 13.4. The highest BCUT2D eigenvalue weighted by Crippen LogP contribution is 2.28. The van der Waals surface area contributed by atoms with Gasteiger partial charge in [0.25, 0.3) is 5.56 Å². The molecule has 3 rings (SSSR count). The number of para-hydroxylation sites is 2. The Morgan fingerprint density at radius 1 is 1.14 bits per heavy atom. The van der Waals surface area contributed by atoms with E-state index in [0.717, 1.165) is 11.8 Å². The number of fused-ring (bicyclic) bond motifs is 1. The lowest BCUT2D eigenvalue weighted by Crippen LogP contribution is -2.41. The Balaban J connectivity index is 2.12. The first-order valence-electron chi connectivity index (χ1n) is 8.38. The summed E-state index contributed by atoms with van der Waals surface area (Å²) in [6.45, 7) is 1.63. The zero-order valence-corrected chi connectivity index (χ0v) is 16.7. The molecule has 2 aromatic carbocycles. The average molecular weight is 417 g/mol. The predicted octanol–water partition coefficient (Wildman–Crippen LogP) is 2.98. The fraction of sp³-hybridized carbons (Fsp3) is 0.158. The molecule has 0 spiro atoms. The number of hydrogen-bond acceptors (Lipinski definition) is 5. The summed E-state index contributed by atoms with van der Waals surface area (Å²) in [6, 6.07) is 13.3. The Bertz CT molecular complexity index is 1120. The van der Waals surface area contributed by atoms with Crippen molar-refractivity contribution in [1.82, 2.24) is 20.2 Å². The lowest BCUT2D eigenvalue weighted by atomic mass is 10.2. The van der Waals surface area contributed by atoms with Gasteiger partial charge in [-0.05, 0) is 31.2 Å². The van der Waals surface area contributed by atoms with Crippen LogP contribution < -0.4 is 16.2 Å². The molecule has 0 aliphatic heterocycles. The second-order valence-electron chi connectivity index (χ2n) is 5.83. The molecule has 0 saturated heterocycles. The van der Waals surface area contributed by atoms with Gasteiger partial charge in [0, 0.05) is 7.05 Å². The molecular weight excluding hydrogens is 400 g/mol. The molecular formula is C19H17ClN4O3S. The van der Waals surface area contributed by atoms with E-state index in [9.17, 15) is 14.4 Å². The quantitative estimate of drug-likeness (QED) is 0.503. The van der Waals surface area contributed by atoms with E-state index in [1.165, 1.54) is 11.6 Å². The van der Waals surface area contributed by atoms with Gasteiger partial charge in [0.15, 0.2) is 5.16 Å². The molecule has 2 N–H and O–H groups in total. The predicted molar refractivity (Wildman–Crippen MR) is 110 cm³/mol. The van der Waals surface area contributed by atoms with Crippen molar-refractivity contribution in [3.05, 3.63) is 63.9 Å². The van der Waals surface area contributed by atoms with Crippen LogP contribution in [-0.2, 0) is 4.79 Å². The third kappa shape index (κ3) is 4.02. The molecule has 0 unspecified atom stereocenters. The summed E-state index contributed by atoms with van der Waals surface area (Å²) in [4.78, 5) is 41.4. The van der Waals surface area contributed by atoms with Gasteiger partial charge in [-0.25, -0.2) is 9.78 Å². The first kappa shape index (κ1) is 19.9. The number of halogens is 1. The van der Waals surface area contributed by atoms with E-state index < -0.39 is 17.2 Å². The van der Waals surface area contributed by atoms with Crippen LogP contribution in [-0.4, -0.2) is 33.8 Å². The molecule has 7 nitrogen and oxygen atoms in total. The maximum absolute atomic E-state index is 13.2. The highest BCUT2D eigenvalue weighted by atomic mass is 35.5. The highest BCUT2D eigenvalue weighted by molar-refractivity contribution is 8.00. The Morgan fingerprint density at radius 2 is 1.82 bits per heavy atom. The largest absolute Gasteiger partial charge is 0.341 e. The number of hydrogen-bond donors (Lipinski definition) is 2. The first-order valence-corrected chi connectivity index (χ1v) is 9.64. The van der Waals surface area contributed by atoms with Crippen LogP contribution in [0.2, 0.25) is 5.02 Å². The third-order valence-corrected chi connectivity index (χ3v) is 5.33. The number of aromatic nitrogens is 2. The number of nitrogens with one attached hydrogen (secondary N) is 2. The average Bonchev–Trinajstić information content (AvgIpc) is 2.69. The van der Waals surface area contributed by atoms with Crippen molar-refractivity contribution in [2.24, 2.45) is 0 Å². The van der Waals surface area contributed by atoms with Crippen molar-refractivity contribution in [2.45, 2.75) is 17.3 Å². The standard InChI is InChI=1S/C19H17ClN4O3S/c1-11(16(25)23-18(27)21-2)28-19-22-14-9-5-3-7-12(14)17(26)24(19)15-10-6-4-8-13(15)20/h3-11H,1-2H3,(H2,21,23,25,27)/t11-/m0/s1. The van der Waals surface area contributed by atoms with Gasteiger partial charge in [-0.15, -0.1) is 0 Å². The van der Waals surface area contributed by atoms with Crippen molar-refractivity contribution < 1.29 is 9.59 Å². The number of urea groups is 1. The smallest absolute Gasteiger partial charge is 0.321 e. The minimum atomic E-state index is -0.681. The summed E-state index contributed by atoms with van der Waals surface area (Å²) < 4.78 is 1.39. The molecule has 1 aromatic heterocycles. The van der Waals surface area contributed by atoms with E-state index >= 15 is 0 Å². The summed E-state index contributed by atoms with van der Waals surface area (Å²) in [5, 5.41) is 4.99. The van der Waals surface area contributed by atoms with E-state index in [1.54, 1.807) is 55.5 Å². The number of rotatable bonds is 4. The molecule has 9 heteroatoms. The zero-order valence-electron chi connectivity index (χ0n) is 15.1. The van der Waals surface area contributed by atoms with E-state index in [2.05, 4.69) is 15.6 Å². The number of carbonyl (C=O) groups is 2. The van der Waals surface area contributed by atoms with Crippen LogP contribution in [0.15, 0.2) is 58.5 Å². The normalized spacial score (nSPS) is 11.8. The van der Waals surface area contributed by atoms with Crippen molar-refractivity contribution >= 4 is 46.2 Å². The number of imide groups is 1. The number of amides is 3. The summed E-state index contributed by atoms with van der Waals surface area (Å²) in [6.07, 6.45) is 0. The highest BCUT2D eigenvalue weighted by Gasteiger charge is 2.22. The Labute approximate surface area is 170 Å². The molecule has 0 saturated carbocycles. The molecule has 1 atom stereocenters. The second kappa shape index (κ2) is 8.45. The van der Waals surface area contributed by atoms with E-state index in [0.29, 0.717) is 26.8 Å². The van der Waals surface area contributed by atoms with Crippen LogP contribution in [0, 0.1) is 0 Å². The van der Waals surface area contributed by atoms with Crippen LogP contribution in [0.1, 0.15) is 6.92 Å². The monoisotopic (exact) mass is 416 g/mol. The Kier molecular flexibility index (Phi) is 6.01. The van der Waals surface area contributed by atoms with Gasteiger partial charge in [-0.3, -0.25) is 19.5 Å². The fourth-order valence-corrected chi connectivity index (χ4v) is 3.66. The van der Waals surface area contributed by atoms with Crippen molar-refractivity contribution in [3.63, 3.8) is 0 Å². The van der Waals surface area contributed by atoms with Crippen LogP contribution in [0.5, 0.6) is 0 Å². The minimum Gasteiger partial charge on any atom is -0.341 e. The lowest BCUT2D eigenvalue weighted by molar-refractivity contribution is -0.119. The maximum atomic E-state index is 13.2. The molecule has 0 bridgehead atoms. The topological polar surface area (TPSA) is 93.1 Å². The molecule has 28 heavy (non-hydrogen) atoms. The number of thioether (sulfide) groups is 1. The minimum absolute atomic E-state index is 0.292. The van der Waals surface area contributed by atoms with E-state index in [1.807, 2.05) is 0 Å². The maximum Gasteiger partial charge on any atom is 0.321 e. The third-order valence-electron chi connectivity index (χ3n) is 3.95. The fourth-order valence-electron chi connectivity index (χ4n) is 2.52. The van der Waals surface area contributed by atoms with Crippen molar-refractivity contribution in [3.8, 4) is 5.69 Å². The van der Waals surface area contributed by atoms with Crippen LogP contribution in [0.25, 0.3) is 16.6 Å². The number of carbonyl (C=O) groups excluding carboxylic acids is 2. The second-order valence-corrected chi connectivity index (χ2v) is 7.55. The molecule has 3 aromatic rings. The SMILES string of the molecule is CNC(=O)NC(=O)[C@H](C)Sc1nc2ccccc2c(=O)n1-c1ccccc1Cl. The van der Waals surface area contributed by atoms with Crippen LogP contribution in [0.3, 0.4) is 0 Å². The lowest BCUT2D eigenvalue weighted by Gasteiger charge is -2.16. The molecule has 0 fully saturated rings. The van der Waals surface area contributed by atoms with Gasteiger partial charge >= 0.3 is 6.03 Å². The molecule has 144 valence electrons. The van der Waals surface area contributed by atoms with Gasteiger partial charge in [-0.2, -0.15) is 0 Å². The summed E-state index contributed by atoms with van der Waals surface area (Å²) in [5.41, 5.74) is 0.686. The van der Waals surface area contributed by atoms with E-state index in [4.69, 9.17) is 11.6 Å². The van der Waals surface area contributed by atoms with E-state index in [-0.39, 0.29) is 5.56 Å². The summed E-state index contributed by atoms with van der Waals surface area (Å²) in [7, 11) is 1.42. The van der Waals surface area contributed by atoms with Gasteiger partial charge < -0.3 is 5.32 Å². The molecule has 0 radical (unpaired) electrons. The number of nitrogens with zero attached hydrogens (tertiary/aromatic N) is 2. The zero-order chi connectivity index (χ0) is 20.3. The summed E-state index contributed by atoms with van der Waals surface area (Å²) in [5.74, 6) is -0.502. The van der Waals surface area contributed by atoms with Gasteiger partial charge in [-0.1, -0.05) is 47.6 Å². The van der Waals surface area contributed by atoms with Gasteiger partial charge in [0.05, 0.1) is 26.9 Å². The van der Waals surface area contributed by atoms with Crippen molar-refractivity contribution in [2.75, 3.05) is 7.05 Å². The molecule has 3 amide bonds. The van der Waals surface area contributed by atoms with Gasteiger partial charge in [0.2, 0.25) is 5.91 Å². The van der Waals surface area contributed by atoms with Crippen LogP contribution in [0.4, 0.5) is 4.79 Å². The Hall–Kier alpha value is -2.84. The number of benzene rings is 2. The molecule has 1 heterocycles. The Morgan fingerprint density at radius 3 is 2.54 bits per heavy atom. The van der Waals surface area contributed by atoms with Gasteiger partial charge in [0.1, 0.15) is 0 Å². The van der Waals surface area contributed by atoms with Crippen molar-refractivity contribution in [1.29, 1.82) is 0 Å². The molecule has 0 aliphatic rings. The summed E-state index contributed by atoms with van der Waals surface area (Å²) >= 11 is 7.38. The van der Waals surface area contributed by atoms with Crippen LogP contribution >= 0.6 is 23.4 Å². The molecule has 0 aliphatic carbocycles.